The van der Waals surface area contributed by atoms with Crippen LogP contribution in [0, 0.1) is 0 Å². The maximum absolute atomic E-state index is 10.9. The van der Waals surface area contributed by atoms with Crippen molar-refractivity contribution in [2.75, 3.05) is 0 Å². The summed E-state index contributed by atoms with van der Waals surface area (Å²) in [5, 5.41) is 13.4. The molecule has 0 bridgehead atoms. The van der Waals surface area contributed by atoms with E-state index >= 15 is 0 Å². The van der Waals surface area contributed by atoms with Crippen LogP contribution in [0.4, 0.5) is 0 Å². The zero-order chi connectivity index (χ0) is 9.26. The van der Waals surface area contributed by atoms with Crippen LogP contribution < -0.4 is 5.56 Å². The molecule has 0 saturated heterocycles. The van der Waals surface area contributed by atoms with Gasteiger partial charge in [-0.15, -0.1) is 5.10 Å². The molecule has 0 radical (unpaired) electrons. The van der Waals surface area contributed by atoms with E-state index in [1.54, 1.807) is 24.1 Å². The summed E-state index contributed by atoms with van der Waals surface area (Å²) in [6, 6.07) is 1.45. The normalized spacial score (nSPS) is 10.2. The first kappa shape index (κ1) is 7.66. The number of H-pyrrole nitrogens is 1. The summed E-state index contributed by atoms with van der Waals surface area (Å²) in [5.41, 5.74) is 1.23. The number of nitrogens with one attached hydrogen (secondary N) is 1. The molecule has 0 atom stereocenters. The van der Waals surface area contributed by atoms with Crippen molar-refractivity contribution in [1.29, 1.82) is 0 Å². The topological polar surface area (TPSA) is 76.5 Å². The van der Waals surface area contributed by atoms with Gasteiger partial charge >= 0.3 is 0 Å². The standard InChI is InChI=1S/C7H7N5O/c1-12-6(4-9-11-12)5-2-7(13)10-8-3-5/h2-4H,1H3,(H,10,13). The monoisotopic (exact) mass is 177 g/mol. The summed E-state index contributed by atoms with van der Waals surface area (Å²) < 4.78 is 1.58. The third-order valence-electron chi connectivity index (χ3n) is 1.68. The molecule has 0 aliphatic rings. The lowest BCUT2D eigenvalue weighted by atomic mass is 10.2. The van der Waals surface area contributed by atoms with Crippen LogP contribution >= 0.6 is 0 Å². The van der Waals surface area contributed by atoms with E-state index in [9.17, 15) is 4.79 Å². The van der Waals surface area contributed by atoms with Crippen molar-refractivity contribution in [3.63, 3.8) is 0 Å². The zero-order valence-corrected chi connectivity index (χ0v) is 6.93. The van der Waals surface area contributed by atoms with E-state index in [0.29, 0.717) is 5.56 Å². The molecule has 0 unspecified atom stereocenters. The molecule has 13 heavy (non-hydrogen) atoms. The summed E-state index contributed by atoms with van der Waals surface area (Å²) >= 11 is 0. The number of nitrogens with zero attached hydrogens (tertiary/aromatic N) is 4. The minimum absolute atomic E-state index is 0.237. The van der Waals surface area contributed by atoms with E-state index in [1.807, 2.05) is 0 Å². The number of rotatable bonds is 1. The van der Waals surface area contributed by atoms with Crippen LogP contribution in [0.25, 0.3) is 11.3 Å². The first-order valence-electron chi connectivity index (χ1n) is 3.67. The molecular formula is C7H7N5O. The highest BCUT2D eigenvalue weighted by molar-refractivity contribution is 5.55. The minimum atomic E-state index is -0.237. The predicted molar refractivity (Wildman–Crippen MR) is 44.9 cm³/mol. The molecule has 0 fully saturated rings. The van der Waals surface area contributed by atoms with Crippen molar-refractivity contribution in [1.82, 2.24) is 25.2 Å². The Kier molecular flexibility index (Phi) is 1.66. The number of aromatic nitrogens is 5. The second-order valence-corrected chi connectivity index (χ2v) is 2.58. The lowest BCUT2D eigenvalue weighted by molar-refractivity contribution is 0.720. The lowest BCUT2D eigenvalue weighted by Crippen LogP contribution is -2.06. The van der Waals surface area contributed by atoms with Crippen molar-refractivity contribution >= 4 is 0 Å². The van der Waals surface area contributed by atoms with Crippen molar-refractivity contribution in [2.45, 2.75) is 0 Å². The van der Waals surface area contributed by atoms with E-state index < -0.39 is 0 Å². The first-order valence-corrected chi connectivity index (χ1v) is 3.67. The summed E-state index contributed by atoms with van der Waals surface area (Å²) in [7, 11) is 1.75. The van der Waals surface area contributed by atoms with E-state index in [0.717, 1.165) is 5.69 Å². The quantitative estimate of drug-likeness (QED) is 0.641. The number of aromatic amines is 1. The van der Waals surface area contributed by atoms with Gasteiger partial charge in [0.05, 0.1) is 18.1 Å². The Bertz CT molecular complexity index is 471. The van der Waals surface area contributed by atoms with Gasteiger partial charge in [0.25, 0.3) is 5.56 Å². The average Bonchev–Trinajstić information content (AvgIpc) is 2.51. The van der Waals surface area contributed by atoms with Crippen LogP contribution in [0.5, 0.6) is 0 Å². The van der Waals surface area contributed by atoms with Gasteiger partial charge in [-0.2, -0.15) is 5.10 Å². The highest BCUT2D eigenvalue weighted by Gasteiger charge is 2.03. The van der Waals surface area contributed by atoms with Crippen molar-refractivity contribution in [2.24, 2.45) is 7.05 Å². The van der Waals surface area contributed by atoms with E-state index in [4.69, 9.17) is 0 Å². The lowest BCUT2D eigenvalue weighted by Gasteiger charge is -1.97. The van der Waals surface area contributed by atoms with Gasteiger partial charge in [-0.3, -0.25) is 4.79 Å². The van der Waals surface area contributed by atoms with E-state index in [1.165, 1.54) is 6.07 Å². The molecule has 2 rings (SSSR count). The van der Waals surface area contributed by atoms with Gasteiger partial charge < -0.3 is 0 Å². The largest absolute Gasteiger partial charge is 0.268 e. The molecule has 2 aromatic heterocycles. The zero-order valence-electron chi connectivity index (χ0n) is 6.93. The summed E-state index contributed by atoms with van der Waals surface area (Å²) in [6.45, 7) is 0. The number of hydrogen-bond acceptors (Lipinski definition) is 4. The van der Waals surface area contributed by atoms with Crippen LogP contribution in [-0.2, 0) is 7.05 Å². The van der Waals surface area contributed by atoms with Crippen LogP contribution in [0.2, 0.25) is 0 Å². The third kappa shape index (κ3) is 1.33. The Morgan fingerprint density at radius 1 is 1.46 bits per heavy atom. The van der Waals surface area contributed by atoms with Gasteiger partial charge in [0, 0.05) is 18.7 Å². The smallest absolute Gasteiger partial charge is 0.264 e. The molecule has 2 heterocycles. The van der Waals surface area contributed by atoms with Crippen molar-refractivity contribution in [3.8, 4) is 11.3 Å². The Morgan fingerprint density at radius 3 is 2.92 bits per heavy atom. The fourth-order valence-corrected chi connectivity index (χ4v) is 1.07. The Morgan fingerprint density at radius 2 is 2.31 bits per heavy atom. The second-order valence-electron chi connectivity index (χ2n) is 2.58. The van der Waals surface area contributed by atoms with Crippen LogP contribution in [0.3, 0.4) is 0 Å². The Hall–Kier alpha value is -1.98. The molecule has 66 valence electrons. The van der Waals surface area contributed by atoms with E-state index in [2.05, 4.69) is 20.5 Å². The maximum atomic E-state index is 10.9. The molecule has 0 saturated carbocycles. The number of hydrogen-bond donors (Lipinski definition) is 1. The van der Waals surface area contributed by atoms with Crippen LogP contribution in [0.1, 0.15) is 0 Å². The molecule has 0 aromatic carbocycles. The predicted octanol–water partition coefficient (Wildman–Crippen LogP) is -0.435. The fourth-order valence-electron chi connectivity index (χ4n) is 1.07. The highest BCUT2D eigenvalue weighted by atomic mass is 16.1. The fraction of sp³-hybridized carbons (Fsp3) is 0.143. The molecular weight excluding hydrogens is 170 g/mol. The molecule has 6 heteroatoms. The first-order chi connectivity index (χ1) is 6.27. The Balaban J connectivity index is 2.59. The van der Waals surface area contributed by atoms with Crippen molar-refractivity contribution in [3.05, 3.63) is 28.8 Å². The summed E-state index contributed by atoms with van der Waals surface area (Å²) in [5.74, 6) is 0. The molecule has 0 amide bonds. The molecule has 0 aliphatic heterocycles. The van der Waals surface area contributed by atoms with Gasteiger partial charge in [0.15, 0.2) is 0 Å². The van der Waals surface area contributed by atoms with Gasteiger partial charge in [-0.25, -0.2) is 9.78 Å². The second kappa shape index (κ2) is 2.81. The van der Waals surface area contributed by atoms with Gasteiger partial charge in [0.2, 0.25) is 0 Å². The van der Waals surface area contributed by atoms with Crippen molar-refractivity contribution < 1.29 is 0 Å². The van der Waals surface area contributed by atoms with Crippen LogP contribution in [-0.4, -0.2) is 25.2 Å². The molecule has 1 N–H and O–H groups in total. The average molecular weight is 177 g/mol. The molecule has 0 aliphatic carbocycles. The van der Waals surface area contributed by atoms with Crippen LogP contribution in [0.15, 0.2) is 23.3 Å². The minimum Gasteiger partial charge on any atom is -0.268 e. The summed E-state index contributed by atoms with van der Waals surface area (Å²) in [4.78, 5) is 10.9. The van der Waals surface area contributed by atoms with E-state index in [-0.39, 0.29) is 5.56 Å². The van der Waals surface area contributed by atoms with Gasteiger partial charge in [-0.1, -0.05) is 5.21 Å². The molecule has 6 nitrogen and oxygen atoms in total. The van der Waals surface area contributed by atoms with Gasteiger partial charge in [-0.05, 0) is 0 Å². The maximum Gasteiger partial charge on any atom is 0.264 e. The SMILES string of the molecule is Cn1nncc1-c1cn[nH]c(=O)c1. The molecule has 0 spiro atoms. The molecule has 2 aromatic rings. The Labute approximate surface area is 73.2 Å². The van der Waals surface area contributed by atoms with Gasteiger partial charge in [0.1, 0.15) is 0 Å². The third-order valence-corrected chi connectivity index (χ3v) is 1.68. The summed E-state index contributed by atoms with van der Waals surface area (Å²) in [6.07, 6.45) is 3.14. The highest BCUT2D eigenvalue weighted by Crippen LogP contribution is 2.12. The number of aryl methyl sites for hydroxylation is 1.